The number of hydrogen-bond acceptors (Lipinski definition) is 27. The number of aliphatic hydroxyl groups excluding tert-OH is 3. The van der Waals surface area contributed by atoms with Gasteiger partial charge in [-0.1, -0.05) is 109 Å². The smallest absolute Gasteiger partial charge is 0.388 e. The molecule has 1 saturated carbocycles. The zero-order chi connectivity index (χ0) is 76.3. The van der Waals surface area contributed by atoms with Crippen LogP contribution in [0.25, 0.3) is 0 Å². The third kappa shape index (κ3) is 21.5. The van der Waals surface area contributed by atoms with E-state index in [1.807, 2.05) is 0 Å². The van der Waals surface area contributed by atoms with E-state index in [0.717, 1.165) is 0 Å². The molecule has 6 aromatic carbocycles. The number of amides is 6. The fraction of sp³-hybridized carbons (Fsp3) is 0.354. The molecule has 570 valence electrons. The summed E-state index contributed by atoms with van der Waals surface area (Å²) in [5.74, 6) is -5.85. The molecule has 4 aliphatic rings. The van der Waals surface area contributed by atoms with Gasteiger partial charge in [-0.3, -0.25) is 47.0 Å². The molecule has 3 saturated heterocycles. The van der Waals surface area contributed by atoms with Gasteiger partial charge in [0.15, 0.2) is 18.9 Å². The van der Waals surface area contributed by atoms with Crippen molar-refractivity contribution in [2.24, 2.45) is 0 Å². The zero-order valence-electron chi connectivity index (χ0n) is 54.7. The minimum Gasteiger partial charge on any atom is -0.388 e. The van der Waals surface area contributed by atoms with E-state index in [1.54, 1.807) is 12.1 Å². The van der Waals surface area contributed by atoms with E-state index in [9.17, 15) is 96.0 Å². The molecular formula is C65H70N6O31S4. The average molecular weight is 1560 g/mol. The largest absolute Gasteiger partial charge is 0.397 e. The molecule has 10 rings (SSSR count). The third-order valence-corrected chi connectivity index (χ3v) is 18.7. The van der Waals surface area contributed by atoms with Crippen LogP contribution in [0.5, 0.6) is 0 Å². The van der Waals surface area contributed by atoms with Crippen LogP contribution < -0.4 is 31.9 Å². The number of carbonyl (C=O) groups is 6. The Morgan fingerprint density at radius 1 is 0.340 bits per heavy atom. The Morgan fingerprint density at radius 3 is 1.09 bits per heavy atom. The highest BCUT2D eigenvalue weighted by atomic mass is 32.3. The van der Waals surface area contributed by atoms with E-state index in [2.05, 4.69) is 31.9 Å². The van der Waals surface area contributed by atoms with Crippen LogP contribution in [0.2, 0.25) is 0 Å². The van der Waals surface area contributed by atoms with Gasteiger partial charge in [-0.2, -0.15) is 33.7 Å². The minimum atomic E-state index is -5.93. The van der Waals surface area contributed by atoms with Crippen LogP contribution in [0.4, 0.5) is 0 Å². The molecule has 1 aliphatic carbocycles. The molecule has 6 amide bonds. The van der Waals surface area contributed by atoms with E-state index in [0.29, 0.717) is 0 Å². The zero-order valence-corrected chi connectivity index (χ0v) is 57.9. The molecule has 13 N–H and O–H groups in total. The Morgan fingerprint density at radius 2 is 0.670 bits per heavy atom. The Kier molecular flexibility index (Phi) is 26.3. The number of aliphatic hydroxyl groups is 3. The van der Waals surface area contributed by atoms with Gasteiger partial charge in [0.25, 0.3) is 35.4 Å². The lowest BCUT2D eigenvalue weighted by atomic mass is 9.82. The minimum absolute atomic E-state index is 0.0271. The highest BCUT2D eigenvalue weighted by Crippen LogP contribution is 2.39. The van der Waals surface area contributed by atoms with Crippen molar-refractivity contribution in [2.45, 2.75) is 123 Å². The van der Waals surface area contributed by atoms with Crippen LogP contribution in [0.1, 0.15) is 68.6 Å². The average Bonchev–Trinajstić information content (AvgIpc) is 1.21. The SMILES string of the molecule is O=C(NC[C@H]1O[C@H](O[C@H]2[C@H](O[C@@H]3O[C@H](COS(=O)(=O)O)C(O[C@H]4O[C@H](CNC(=O)c5ccccc5)[C@@H](OS(=O)(=O)O)[C@H](O)[C@H]4NC(=O)c4ccccc4)[C@H]3O)[C@@H](OS(=O)(=O)O)[C@H](NC(=O)c3ccccc3)C[C@@H]2NC(=O)c2ccccc2)[C@H](NC(=O)c2ccccc2)[C@@H](OS(=O)(=O)O)[C@@H]1O)c1ccccc1. The van der Waals surface area contributed by atoms with Crippen molar-refractivity contribution in [1.82, 2.24) is 31.9 Å². The van der Waals surface area contributed by atoms with Crippen molar-refractivity contribution in [3.8, 4) is 0 Å². The highest BCUT2D eigenvalue weighted by molar-refractivity contribution is 7.81. The molecule has 4 fully saturated rings. The van der Waals surface area contributed by atoms with E-state index >= 15 is 0 Å². The van der Waals surface area contributed by atoms with Gasteiger partial charge in [0.2, 0.25) is 0 Å². The van der Waals surface area contributed by atoms with E-state index < -0.39 is 219 Å². The molecule has 0 bridgehead atoms. The Bertz CT molecular complexity index is 4500. The van der Waals surface area contributed by atoms with E-state index in [1.165, 1.54) is 170 Å². The second-order valence-electron chi connectivity index (χ2n) is 24.1. The van der Waals surface area contributed by atoms with Crippen LogP contribution in [-0.4, -0.2) is 239 Å². The van der Waals surface area contributed by atoms with Gasteiger partial charge in [0.1, 0.15) is 85.3 Å². The summed E-state index contributed by atoms with van der Waals surface area (Å²) in [4.78, 5) is 84.6. The maximum Gasteiger partial charge on any atom is 0.397 e. The molecule has 0 aromatic heterocycles. The Balaban J connectivity index is 1.11. The van der Waals surface area contributed by atoms with Gasteiger partial charge in [-0.25, -0.2) is 16.7 Å². The van der Waals surface area contributed by atoms with Gasteiger partial charge in [-0.05, 0) is 79.2 Å². The summed E-state index contributed by atoms with van der Waals surface area (Å²) in [5, 5.41) is 52.1. The first-order chi connectivity index (χ1) is 50.3. The Labute approximate surface area is 604 Å². The topological polar surface area (TPSA) is 545 Å². The predicted octanol–water partition coefficient (Wildman–Crippen LogP) is -0.759. The molecule has 3 aliphatic heterocycles. The second kappa shape index (κ2) is 34.9. The number of rotatable bonds is 29. The summed E-state index contributed by atoms with van der Waals surface area (Å²) in [5.41, 5.74) is -0.462. The molecule has 19 atom stereocenters. The molecule has 1 unspecified atom stereocenters. The molecule has 3 heterocycles. The van der Waals surface area contributed by atoms with Gasteiger partial charge in [0, 0.05) is 46.5 Å². The number of benzene rings is 6. The first kappa shape index (κ1) is 79.8. The van der Waals surface area contributed by atoms with Gasteiger partial charge in [-0.15, -0.1) is 0 Å². The molecule has 41 heteroatoms. The summed E-state index contributed by atoms with van der Waals surface area (Å²) >= 11 is 0. The van der Waals surface area contributed by atoms with E-state index in [4.69, 9.17) is 45.2 Å². The first-order valence-corrected chi connectivity index (χ1v) is 37.4. The summed E-state index contributed by atoms with van der Waals surface area (Å²) < 4.78 is 202. The molecule has 0 radical (unpaired) electrons. The Hall–Kier alpha value is -8.74. The van der Waals surface area contributed by atoms with Crippen LogP contribution in [0.15, 0.2) is 182 Å². The molecule has 0 spiro atoms. The molecule has 37 nitrogen and oxygen atoms in total. The molecular weight excluding hydrogens is 1490 g/mol. The first-order valence-electron chi connectivity index (χ1n) is 31.9. The summed E-state index contributed by atoms with van der Waals surface area (Å²) in [6.07, 6.45) is -36.2. The normalized spacial score (nSPS) is 28.4. The summed E-state index contributed by atoms with van der Waals surface area (Å²) in [6.45, 7) is -3.10. The summed E-state index contributed by atoms with van der Waals surface area (Å²) in [6, 6.07) is 34.3. The van der Waals surface area contributed by atoms with Crippen molar-refractivity contribution in [1.29, 1.82) is 0 Å². The predicted molar refractivity (Wildman–Crippen MR) is 358 cm³/mol. The number of carbonyl (C=O) groups excluding carboxylic acids is 6. The standard InChI is InChI=1S/C65H70N6O31S4/c72-48-43(32-66-57(75)35-19-7-1-8-20-35)94-64(47(55(48)102-106(90,91)92)71-62(80)40-29-17-6-18-30-40)97-51-41(68-59(77)37-23-11-3-12-24-37)31-42(69-60(78)38-25-13-4-14-26-38)52(100-104(84,85)86)56(51)99-65-50(74)53(45(96-65)34-93-103(81,82)83)98-63-46(70-61(79)39-27-15-5-16-28-39)49(73)54(101-105(87,88)89)44(95-63)33-67-58(76)36-21-9-2-10-22-36/h1-30,41-56,63-65,72-74H,31-34H2,(H,66,75)(H,67,76)(H,68,77)(H,69,78)(H,70,79)(H,71,80)(H,81,82,83)(H,84,85,86)(H,87,88,89)(H,90,91,92)/t41-,42+,43+,44+,45+,46+,47+,48+,49+,50+,51+,52-,53?,54+,55+,56-,63+,64+,65-/m0/s1. The third-order valence-electron chi connectivity index (χ3n) is 16.9. The monoisotopic (exact) mass is 1560 g/mol. The highest BCUT2D eigenvalue weighted by Gasteiger charge is 2.59. The van der Waals surface area contributed by atoms with Crippen molar-refractivity contribution in [3.63, 3.8) is 0 Å². The van der Waals surface area contributed by atoms with Gasteiger partial charge < -0.3 is 75.6 Å². The van der Waals surface area contributed by atoms with Crippen molar-refractivity contribution >= 4 is 77.0 Å². The fourth-order valence-corrected chi connectivity index (χ4v) is 14.0. The lowest BCUT2D eigenvalue weighted by Crippen LogP contribution is -2.71. The van der Waals surface area contributed by atoms with Crippen molar-refractivity contribution < 1.29 is 141 Å². The number of hydrogen-bond donors (Lipinski definition) is 13. The quantitative estimate of drug-likeness (QED) is 0.0257. The van der Waals surface area contributed by atoms with Crippen molar-refractivity contribution in [2.75, 3.05) is 19.7 Å². The molecule has 6 aromatic rings. The van der Waals surface area contributed by atoms with Gasteiger partial charge >= 0.3 is 41.6 Å². The summed E-state index contributed by atoms with van der Waals surface area (Å²) in [7, 11) is -22.9. The van der Waals surface area contributed by atoms with Crippen LogP contribution in [0.3, 0.4) is 0 Å². The second-order valence-corrected chi connectivity index (χ2v) is 28.3. The maximum atomic E-state index is 14.7. The van der Waals surface area contributed by atoms with E-state index in [-0.39, 0.29) is 33.4 Å². The number of nitrogens with one attached hydrogen (secondary N) is 6. The van der Waals surface area contributed by atoms with Crippen LogP contribution >= 0.6 is 0 Å². The molecule has 106 heavy (non-hydrogen) atoms. The number of ether oxygens (including phenoxy) is 6. The lowest BCUT2D eigenvalue weighted by molar-refractivity contribution is -0.307. The van der Waals surface area contributed by atoms with Crippen LogP contribution in [0, 0.1) is 0 Å². The van der Waals surface area contributed by atoms with Crippen LogP contribution in [-0.2, 0) is 86.7 Å². The fourth-order valence-electron chi connectivity index (χ4n) is 12.1. The van der Waals surface area contributed by atoms with Crippen molar-refractivity contribution in [3.05, 3.63) is 215 Å². The van der Waals surface area contributed by atoms with Gasteiger partial charge in [0.05, 0.1) is 18.7 Å². The lowest BCUT2D eigenvalue weighted by Gasteiger charge is -2.50. The maximum absolute atomic E-state index is 14.7.